The minimum absolute atomic E-state index is 0.152. The van der Waals surface area contributed by atoms with Gasteiger partial charge in [0.25, 0.3) is 0 Å². The lowest BCUT2D eigenvalue weighted by Gasteiger charge is -2.25. The van der Waals surface area contributed by atoms with Crippen molar-refractivity contribution in [3.05, 3.63) is 29.0 Å². The molecule has 0 fully saturated rings. The van der Waals surface area contributed by atoms with Crippen LogP contribution in [0.4, 0.5) is 4.39 Å². The molecular weight excluding hydrogens is 281 g/mol. The van der Waals surface area contributed by atoms with Gasteiger partial charge in [0.05, 0.1) is 10.6 Å². The summed E-state index contributed by atoms with van der Waals surface area (Å²) in [6.45, 7) is 2.78. The van der Waals surface area contributed by atoms with E-state index < -0.39 is 26.3 Å². The molecule has 0 radical (unpaired) electrons. The van der Waals surface area contributed by atoms with E-state index in [0.29, 0.717) is 0 Å². The van der Waals surface area contributed by atoms with Gasteiger partial charge in [0.1, 0.15) is 4.90 Å². The number of rotatable bonds is 4. The highest BCUT2D eigenvalue weighted by Crippen LogP contribution is 2.24. The third kappa shape index (κ3) is 3.41. The summed E-state index contributed by atoms with van der Waals surface area (Å²) in [5.41, 5.74) is -1.21. The van der Waals surface area contributed by atoms with Crippen molar-refractivity contribution in [2.75, 3.05) is 13.6 Å². The van der Waals surface area contributed by atoms with Gasteiger partial charge in [-0.2, -0.15) is 4.31 Å². The summed E-state index contributed by atoms with van der Waals surface area (Å²) in [7, 11) is -2.74. The third-order valence-corrected chi connectivity index (χ3v) is 4.33. The molecule has 1 N–H and O–H groups in total. The lowest BCUT2D eigenvalue weighted by atomic mass is 10.1. The smallest absolute Gasteiger partial charge is 0.245 e. The van der Waals surface area contributed by atoms with E-state index in [1.807, 2.05) is 0 Å². The predicted molar refractivity (Wildman–Crippen MR) is 67.5 cm³/mol. The molecule has 0 atom stereocenters. The lowest BCUT2D eigenvalue weighted by molar-refractivity contribution is 0.0639. The van der Waals surface area contributed by atoms with Crippen LogP contribution in [0.2, 0.25) is 5.02 Å². The highest BCUT2D eigenvalue weighted by molar-refractivity contribution is 7.89. The second kappa shape index (κ2) is 5.13. The first-order valence-corrected chi connectivity index (χ1v) is 7.00. The van der Waals surface area contributed by atoms with Crippen LogP contribution >= 0.6 is 11.6 Å². The van der Waals surface area contributed by atoms with E-state index in [1.165, 1.54) is 33.0 Å². The molecule has 102 valence electrons. The molecule has 1 aromatic carbocycles. The average molecular weight is 296 g/mol. The van der Waals surface area contributed by atoms with Crippen molar-refractivity contribution in [2.24, 2.45) is 0 Å². The monoisotopic (exact) mass is 295 g/mol. The number of nitrogens with zero attached hydrogens (tertiary/aromatic N) is 1. The number of aliphatic hydroxyl groups is 1. The zero-order valence-corrected chi connectivity index (χ0v) is 11.9. The van der Waals surface area contributed by atoms with Gasteiger partial charge >= 0.3 is 0 Å². The molecule has 0 aromatic heterocycles. The van der Waals surface area contributed by atoms with E-state index >= 15 is 0 Å². The van der Waals surface area contributed by atoms with Crippen LogP contribution in [0.5, 0.6) is 0 Å². The van der Waals surface area contributed by atoms with E-state index in [4.69, 9.17) is 11.6 Å². The number of halogens is 2. The maximum atomic E-state index is 13.7. The molecule has 0 amide bonds. The number of hydrogen-bond donors (Lipinski definition) is 1. The fraction of sp³-hybridized carbons (Fsp3) is 0.455. The number of benzene rings is 1. The SMILES string of the molecule is CN(CC(C)(C)O)S(=O)(=O)c1cccc(Cl)c1F. The van der Waals surface area contributed by atoms with E-state index in [0.717, 1.165) is 10.4 Å². The van der Waals surface area contributed by atoms with Crippen LogP contribution in [0.1, 0.15) is 13.8 Å². The third-order valence-electron chi connectivity index (χ3n) is 2.21. The second-order valence-corrected chi connectivity index (χ2v) is 7.05. The normalized spacial score (nSPS) is 13.1. The summed E-state index contributed by atoms with van der Waals surface area (Å²) in [5, 5.41) is 9.34. The molecule has 7 heteroatoms. The van der Waals surface area contributed by atoms with Crippen LogP contribution in [-0.2, 0) is 10.0 Å². The molecule has 0 heterocycles. The van der Waals surface area contributed by atoms with Crippen LogP contribution in [-0.4, -0.2) is 37.0 Å². The molecule has 0 aliphatic heterocycles. The zero-order valence-electron chi connectivity index (χ0n) is 10.3. The molecule has 0 saturated carbocycles. The summed E-state index contributed by atoms with van der Waals surface area (Å²) < 4.78 is 38.8. The molecule has 0 bridgehead atoms. The Morgan fingerprint density at radius 2 is 2.00 bits per heavy atom. The summed E-state index contributed by atoms with van der Waals surface area (Å²) >= 11 is 5.55. The van der Waals surface area contributed by atoms with E-state index in [1.54, 1.807) is 0 Å². The van der Waals surface area contributed by atoms with Crippen LogP contribution in [0.3, 0.4) is 0 Å². The van der Waals surface area contributed by atoms with Gasteiger partial charge in [-0.25, -0.2) is 12.8 Å². The van der Waals surface area contributed by atoms with Gasteiger partial charge in [0.2, 0.25) is 10.0 Å². The Morgan fingerprint density at radius 1 is 1.44 bits per heavy atom. The van der Waals surface area contributed by atoms with Gasteiger partial charge < -0.3 is 5.11 Å². The minimum Gasteiger partial charge on any atom is -0.389 e. The second-order valence-electron chi connectivity index (χ2n) is 4.63. The summed E-state index contributed by atoms with van der Waals surface area (Å²) in [6, 6.07) is 3.76. The molecular formula is C11H15ClFNO3S. The Balaban J connectivity index is 3.18. The Kier molecular flexibility index (Phi) is 4.38. The van der Waals surface area contributed by atoms with Crippen molar-refractivity contribution < 1.29 is 17.9 Å². The highest BCUT2D eigenvalue weighted by Gasteiger charge is 2.29. The van der Waals surface area contributed by atoms with Crippen molar-refractivity contribution in [2.45, 2.75) is 24.3 Å². The van der Waals surface area contributed by atoms with Gasteiger partial charge in [0.15, 0.2) is 5.82 Å². The largest absolute Gasteiger partial charge is 0.389 e. The fourth-order valence-electron chi connectivity index (χ4n) is 1.48. The summed E-state index contributed by atoms with van der Waals surface area (Å²) in [4.78, 5) is -0.498. The molecule has 1 aromatic rings. The van der Waals surface area contributed by atoms with Gasteiger partial charge in [-0.3, -0.25) is 0 Å². The van der Waals surface area contributed by atoms with Gasteiger partial charge in [-0.05, 0) is 26.0 Å². The van der Waals surface area contributed by atoms with Crippen LogP contribution in [0, 0.1) is 5.82 Å². The maximum absolute atomic E-state index is 13.7. The van der Waals surface area contributed by atoms with E-state index in [2.05, 4.69) is 0 Å². The quantitative estimate of drug-likeness (QED) is 0.922. The van der Waals surface area contributed by atoms with E-state index in [9.17, 15) is 17.9 Å². The van der Waals surface area contributed by atoms with Crippen LogP contribution in [0.25, 0.3) is 0 Å². The van der Waals surface area contributed by atoms with Gasteiger partial charge in [-0.15, -0.1) is 0 Å². The van der Waals surface area contributed by atoms with Crippen molar-refractivity contribution >= 4 is 21.6 Å². The van der Waals surface area contributed by atoms with Crippen molar-refractivity contribution in [1.29, 1.82) is 0 Å². The first-order chi connectivity index (χ1) is 8.05. The van der Waals surface area contributed by atoms with Crippen LogP contribution in [0.15, 0.2) is 23.1 Å². The van der Waals surface area contributed by atoms with Gasteiger partial charge in [-0.1, -0.05) is 17.7 Å². The summed E-state index contributed by atoms with van der Waals surface area (Å²) in [6.07, 6.45) is 0. The molecule has 0 unspecified atom stereocenters. The Labute approximate surface area is 111 Å². The first-order valence-electron chi connectivity index (χ1n) is 5.18. The fourth-order valence-corrected chi connectivity index (χ4v) is 3.12. The zero-order chi connectivity index (χ0) is 14.1. The number of likely N-dealkylation sites (N-methyl/N-ethyl adjacent to an activating group) is 1. The molecule has 1 rings (SSSR count). The Morgan fingerprint density at radius 3 is 2.50 bits per heavy atom. The average Bonchev–Trinajstić information content (AvgIpc) is 2.19. The molecule has 0 aliphatic rings. The van der Waals surface area contributed by atoms with Gasteiger partial charge in [0, 0.05) is 13.6 Å². The standard InChI is InChI=1S/C11H15ClFNO3S/c1-11(2,15)7-14(3)18(16,17)9-6-4-5-8(12)10(9)13/h4-6,15H,7H2,1-3H3. The van der Waals surface area contributed by atoms with Crippen molar-refractivity contribution in [3.63, 3.8) is 0 Å². The topological polar surface area (TPSA) is 57.6 Å². The molecule has 4 nitrogen and oxygen atoms in total. The molecule has 0 spiro atoms. The maximum Gasteiger partial charge on any atom is 0.245 e. The minimum atomic E-state index is -4.01. The lowest BCUT2D eigenvalue weighted by Crippen LogP contribution is -2.39. The molecule has 18 heavy (non-hydrogen) atoms. The molecule has 0 aliphatic carbocycles. The first kappa shape index (κ1) is 15.4. The Bertz CT molecular complexity index is 540. The molecule has 0 saturated heterocycles. The number of hydrogen-bond acceptors (Lipinski definition) is 3. The van der Waals surface area contributed by atoms with Crippen LogP contribution < -0.4 is 0 Å². The van der Waals surface area contributed by atoms with Crippen molar-refractivity contribution in [1.82, 2.24) is 4.31 Å². The Hall–Kier alpha value is -0.690. The number of sulfonamides is 1. The van der Waals surface area contributed by atoms with E-state index in [-0.39, 0.29) is 11.6 Å². The summed E-state index contributed by atoms with van der Waals surface area (Å²) in [5.74, 6) is -0.984. The van der Waals surface area contributed by atoms with Crippen molar-refractivity contribution in [3.8, 4) is 0 Å². The predicted octanol–water partition coefficient (Wildman–Crippen LogP) is 1.87. The highest BCUT2D eigenvalue weighted by atomic mass is 35.5.